The Labute approximate surface area is 95.4 Å². The first-order chi connectivity index (χ1) is 7.81. The Kier molecular flexibility index (Phi) is 3.16. The number of carbonyl (C=O) groups is 1. The monoisotopic (exact) mass is 210 g/mol. The van der Waals surface area contributed by atoms with E-state index >= 15 is 0 Å². The maximum absolute atomic E-state index is 11.8. The van der Waals surface area contributed by atoms with Gasteiger partial charge in [0, 0.05) is 12.0 Å². The van der Waals surface area contributed by atoms with Crippen LogP contribution >= 0.6 is 0 Å². The molecule has 0 aliphatic carbocycles. The van der Waals surface area contributed by atoms with E-state index in [1.54, 1.807) is 6.08 Å². The van der Waals surface area contributed by atoms with E-state index in [2.05, 4.69) is 6.58 Å². The highest BCUT2D eigenvalue weighted by Gasteiger charge is 2.04. The van der Waals surface area contributed by atoms with Crippen LogP contribution in [0.15, 0.2) is 55.1 Å². The van der Waals surface area contributed by atoms with E-state index in [0.29, 0.717) is 6.42 Å². The molecule has 16 heavy (non-hydrogen) atoms. The summed E-state index contributed by atoms with van der Waals surface area (Å²) < 4.78 is 0. The molecule has 0 amide bonds. The summed E-state index contributed by atoms with van der Waals surface area (Å²) in [7, 11) is 0. The van der Waals surface area contributed by atoms with Crippen LogP contribution in [0.3, 0.4) is 0 Å². The SMILES string of the molecule is C=CCCC(=O)c1ccc2ccccc2c1. The molecule has 0 saturated heterocycles. The average Bonchev–Trinajstić information content (AvgIpc) is 2.35. The molecule has 0 aliphatic rings. The van der Waals surface area contributed by atoms with Crippen LogP contribution in [0.2, 0.25) is 0 Å². The molecule has 2 rings (SSSR count). The van der Waals surface area contributed by atoms with Crippen LogP contribution in [0.25, 0.3) is 10.8 Å². The molecule has 0 aromatic heterocycles. The third-order valence-electron chi connectivity index (χ3n) is 2.65. The first-order valence-electron chi connectivity index (χ1n) is 5.44. The number of hydrogen-bond acceptors (Lipinski definition) is 1. The molecule has 0 atom stereocenters. The summed E-state index contributed by atoms with van der Waals surface area (Å²) in [5.41, 5.74) is 0.792. The van der Waals surface area contributed by atoms with E-state index in [1.807, 2.05) is 42.5 Å². The molecule has 0 spiro atoms. The van der Waals surface area contributed by atoms with E-state index in [0.717, 1.165) is 17.4 Å². The summed E-state index contributed by atoms with van der Waals surface area (Å²) in [5, 5.41) is 2.29. The number of benzene rings is 2. The zero-order valence-corrected chi connectivity index (χ0v) is 9.15. The third-order valence-corrected chi connectivity index (χ3v) is 2.65. The van der Waals surface area contributed by atoms with Gasteiger partial charge >= 0.3 is 0 Å². The summed E-state index contributed by atoms with van der Waals surface area (Å²) >= 11 is 0. The normalized spacial score (nSPS) is 10.2. The summed E-state index contributed by atoms with van der Waals surface area (Å²) in [6.45, 7) is 3.62. The molecular formula is C15H14O. The van der Waals surface area contributed by atoms with Gasteiger partial charge in [-0.1, -0.05) is 42.5 Å². The van der Waals surface area contributed by atoms with E-state index in [1.165, 1.54) is 5.39 Å². The molecule has 2 aromatic carbocycles. The van der Waals surface area contributed by atoms with Gasteiger partial charge in [-0.25, -0.2) is 0 Å². The zero-order chi connectivity index (χ0) is 11.4. The lowest BCUT2D eigenvalue weighted by Crippen LogP contribution is -1.97. The molecule has 0 bridgehead atoms. The number of allylic oxidation sites excluding steroid dienone is 1. The van der Waals surface area contributed by atoms with Gasteiger partial charge in [0.1, 0.15) is 0 Å². The van der Waals surface area contributed by atoms with Crippen LogP contribution in [0, 0.1) is 0 Å². The van der Waals surface area contributed by atoms with Crippen molar-refractivity contribution in [2.45, 2.75) is 12.8 Å². The summed E-state index contributed by atoms with van der Waals surface area (Å²) in [5.74, 6) is 0.186. The predicted octanol–water partition coefficient (Wildman–Crippen LogP) is 3.99. The first kappa shape index (κ1) is 10.6. The Hall–Kier alpha value is -1.89. The average molecular weight is 210 g/mol. The molecule has 0 heterocycles. The van der Waals surface area contributed by atoms with Crippen molar-refractivity contribution < 1.29 is 4.79 Å². The topological polar surface area (TPSA) is 17.1 Å². The van der Waals surface area contributed by atoms with E-state index < -0.39 is 0 Å². The van der Waals surface area contributed by atoms with Crippen LogP contribution in [0.5, 0.6) is 0 Å². The van der Waals surface area contributed by atoms with E-state index in [-0.39, 0.29) is 5.78 Å². The highest BCUT2D eigenvalue weighted by Crippen LogP contribution is 2.17. The molecule has 1 heteroatoms. The summed E-state index contributed by atoms with van der Waals surface area (Å²) in [6, 6.07) is 13.9. The number of hydrogen-bond donors (Lipinski definition) is 0. The highest BCUT2D eigenvalue weighted by molar-refractivity contribution is 5.99. The van der Waals surface area contributed by atoms with Crippen LogP contribution in [-0.2, 0) is 0 Å². The van der Waals surface area contributed by atoms with Gasteiger partial charge < -0.3 is 0 Å². The van der Waals surface area contributed by atoms with E-state index in [9.17, 15) is 4.79 Å². The van der Waals surface area contributed by atoms with Crippen molar-refractivity contribution in [3.05, 3.63) is 60.7 Å². The van der Waals surface area contributed by atoms with Gasteiger partial charge in [0.15, 0.2) is 5.78 Å². The van der Waals surface area contributed by atoms with Crippen molar-refractivity contribution in [2.24, 2.45) is 0 Å². The van der Waals surface area contributed by atoms with Gasteiger partial charge in [-0.2, -0.15) is 0 Å². The molecule has 0 fully saturated rings. The molecule has 0 N–H and O–H groups in total. The summed E-state index contributed by atoms with van der Waals surface area (Å²) in [4.78, 5) is 11.8. The van der Waals surface area contributed by atoms with Crippen molar-refractivity contribution >= 4 is 16.6 Å². The fourth-order valence-electron chi connectivity index (χ4n) is 1.74. The quantitative estimate of drug-likeness (QED) is 0.551. The predicted molar refractivity (Wildman–Crippen MR) is 67.7 cm³/mol. The standard InChI is InChI=1S/C15H14O/c1-2-3-8-15(16)14-10-9-12-6-4-5-7-13(12)11-14/h2,4-7,9-11H,1,3,8H2. The van der Waals surface area contributed by atoms with E-state index in [4.69, 9.17) is 0 Å². The van der Waals surface area contributed by atoms with Gasteiger partial charge in [-0.05, 0) is 23.3 Å². The largest absolute Gasteiger partial charge is 0.294 e. The van der Waals surface area contributed by atoms with Crippen LogP contribution in [0.1, 0.15) is 23.2 Å². The Morgan fingerprint density at radius 3 is 2.62 bits per heavy atom. The lowest BCUT2D eigenvalue weighted by atomic mass is 10.0. The minimum atomic E-state index is 0.186. The Balaban J connectivity index is 2.32. The molecule has 0 aliphatic heterocycles. The third kappa shape index (κ3) is 2.19. The lowest BCUT2D eigenvalue weighted by Gasteiger charge is -2.02. The van der Waals surface area contributed by atoms with Crippen LogP contribution < -0.4 is 0 Å². The number of fused-ring (bicyclic) bond motifs is 1. The van der Waals surface area contributed by atoms with Crippen LogP contribution in [-0.4, -0.2) is 5.78 Å². The van der Waals surface area contributed by atoms with Crippen molar-refractivity contribution in [3.63, 3.8) is 0 Å². The number of rotatable bonds is 4. The number of Topliss-reactive ketones (excluding diaryl/α,β-unsaturated/α-hetero) is 1. The Bertz CT molecular complexity index is 526. The maximum Gasteiger partial charge on any atom is 0.163 e. The molecule has 2 aromatic rings. The smallest absolute Gasteiger partial charge is 0.163 e. The number of carbonyl (C=O) groups excluding carboxylic acids is 1. The van der Waals surface area contributed by atoms with Crippen molar-refractivity contribution in [2.75, 3.05) is 0 Å². The summed E-state index contributed by atoms with van der Waals surface area (Å²) in [6.07, 6.45) is 3.06. The van der Waals surface area contributed by atoms with Gasteiger partial charge in [0.25, 0.3) is 0 Å². The highest BCUT2D eigenvalue weighted by atomic mass is 16.1. The molecule has 0 radical (unpaired) electrons. The lowest BCUT2D eigenvalue weighted by molar-refractivity contribution is 0.0984. The maximum atomic E-state index is 11.8. The van der Waals surface area contributed by atoms with Crippen LogP contribution in [0.4, 0.5) is 0 Å². The van der Waals surface area contributed by atoms with Crippen molar-refractivity contribution in [1.29, 1.82) is 0 Å². The zero-order valence-electron chi connectivity index (χ0n) is 9.15. The fraction of sp³-hybridized carbons (Fsp3) is 0.133. The molecule has 0 unspecified atom stereocenters. The Morgan fingerprint density at radius 2 is 1.88 bits per heavy atom. The van der Waals surface area contributed by atoms with Crippen molar-refractivity contribution in [1.82, 2.24) is 0 Å². The second kappa shape index (κ2) is 4.75. The number of ketones is 1. The fourth-order valence-corrected chi connectivity index (χ4v) is 1.74. The second-order valence-corrected chi connectivity index (χ2v) is 3.81. The molecule has 0 saturated carbocycles. The van der Waals surface area contributed by atoms with Gasteiger partial charge in [-0.3, -0.25) is 4.79 Å². The van der Waals surface area contributed by atoms with Gasteiger partial charge in [0.2, 0.25) is 0 Å². The first-order valence-corrected chi connectivity index (χ1v) is 5.44. The minimum absolute atomic E-state index is 0.186. The Morgan fingerprint density at radius 1 is 1.12 bits per heavy atom. The van der Waals surface area contributed by atoms with Gasteiger partial charge in [-0.15, -0.1) is 6.58 Å². The molecule has 1 nitrogen and oxygen atoms in total. The second-order valence-electron chi connectivity index (χ2n) is 3.81. The molecular weight excluding hydrogens is 196 g/mol. The molecule has 80 valence electrons. The van der Waals surface area contributed by atoms with Gasteiger partial charge in [0.05, 0.1) is 0 Å². The minimum Gasteiger partial charge on any atom is -0.294 e. The van der Waals surface area contributed by atoms with Crippen molar-refractivity contribution in [3.8, 4) is 0 Å².